The number of anilines is 1. The molecule has 1 aromatic rings. The van der Waals surface area contributed by atoms with Gasteiger partial charge in [0.1, 0.15) is 5.82 Å². The van der Waals surface area contributed by atoms with Crippen LogP contribution in [0.4, 0.5) is 10.1 Å². The third-order valence-corrected chi connectivity index (χ3v) is 3.53. The van der Waals surface area contributed by atoms with Gasteiger partial charge in [-0.2, -0.15) is 0 Å². The molecule has 1 aliphatic heterocycles. The van der Waals surface area contributed by atoms with E-state index in [1.165, 1.54) is 12.1 Å². The molecule has 6 heteroatoms. The summed E-state index contributed by atoms with van der Waals surface area (Å²) in [5, 5.41) is 6.29. The first-order valence-electron chi connectivity index (χ1n) is 7.32. The summed E-state index contributed by atoms with van der Waals surface area (Å²) in [5.41, 5.74) is 5.65. The van der Waals surface area contributed by atoms with Crippen molar-refractivity contribution in [1.29, 1.82) is 0 Å². The van der Waals surface area contributed by atoms with Crippen LogP contribution < -0.4 is 16.4 Å². The molecule has 1 heterocycles. The minimum absolute atomic E-state index is 0.173. The van der Waals surface area contributed by atoms with Crippen LogP contribution >= 0.6 is 0 Å². The Hall–Kier alpha value is -1.66. The number of hydrogen-bond donors (Lipinski definition) is 3. The van der Waals surface area contributed by atoms with Gasteiger partial charge in [-0.05, 0) is 50.6 Å². The lowest BCUT2D eigenvalue weighted by Gasteiger charge is -2.22. The van der Waals surface area contributed by atoms with Crippen molar-refractivity contribution in [3.63, 3.8) is 0 Å². The molecule has 2 rings (SSSR count). The van der Waals surface area contributed by atoms with Crippen molar-refractivity contribution in [2.45, 2.75) is 25.4 Å². The number of hydrogen-bond acceptors (Lipinski definition) is 4. The molecular formula is C15H22FN3O2. The number of nitrogens with one attached hydrogen (secondary N) is 2. The first-order chi connectivity index (χ1) is 10.2. The van der Waals surface area contributed by atoms with Crippen molar-refractivity contribution in [3.8, 4) is 0 Å². The molecule has 1 aliphatic rings. The molecule has 21 heavy (non-hydrogen) atoms. The Morgan fingerprint density at radius 3 is 2.86 bits per heavy atom. The fourth-order valence-electron chi connectivity index (χ4n) is 2.32. The summed E-state index contributed by atoms with van der Waals surface area (Å²) in [5.74, 6) is -1.10. The summed E-state index contributed by atoms with van der Waals surface area (Å²) >= 11 is 0. The molecule has 0 saturated carbocycles. The van der Waals surface area contributed by atoms with E-state index in [4.69, 9.17) is 10.5 Å². The van der Waals surface area contributed by atoms with Crippen LogP contribution in [0, 0.1) is 5.82 Å². The van der Waals surface area contributed by atoms with Gasteiger partial charge < -0.3 is 21.1 Å². The molecule has 0 unspecified atom stereocenters. The highest BCUT2D eigenvalue weighted by atomic mass is 19.1. The zero-order valence-electron chi connectivity index (χ0n) is 12.0. The third-order valence-electron chi connectivity index (χ3n) is 3.53. The minimum Gasteiger partial charge on any atom is -0.383 e. The quantitative estimate of drug-likeness (QED) is 0.666. The molecule has 0 radical (unpaired) electrons. The van der Waals surface area contributed by atoms with Gasteiger partial charge in [0.15, 0.2) is 0 Å². The zero-order valence-corrected chi connectivity index (χ0v) is 12.0. The minimum atomic E-state index is -0.629. The van der Waals surface area contributed by atoms with Crippen LogP contribution in [0.25, 0.3) is 0 Å². The number of ether oxygens (including phenoxy) is 1. The smallest absolute Gasteiger partial charge is 0.248 e. The maximum Gasteiger partial charge on any atom is 0.248 e. The average molecular weight is 295 g/mol. The molecule has 1 amide bonds. The van der Waals surface area contributed by atoms with E-state index in [2.05, 4.69) is 10.6 Å². The number of piperidine rings is 1. The van der Waals surface area contributed by atoms with Crippen LogP contribution in [-0.4, -0.2) is 38.3 Å². The summed E-state index contributed by atoms with van der Waals surface area (Å²) in [6.45, 7) is 3.32. The molecule has 5 nitrogen and oxygen atoms in total. The number of rotatable bonds is 7. The Balaban J connectivity index is 1.67. The second-order valence-electron chi connectivity index (χ2n) is 5.16. The van der Waals surface area contributed by atoms with Gasteiger partial charge in [-0.25, -0.2) is 4.39 Å². The van der Waals surface area contributed by atoms with Gasteiger partial charge in [0, 0.05) is 18.7 Å². The standard InChI is InChI=1S/C15H22FN3O2/c16-13-10-11(15(17)20)2-3-14(13)19-6-1-9-21-12-4-7-18-8-5-12/h2-3,10,12,18-19H,1,4-9H2,(H2,17,20). The third kappa shape index (κ3) is 4.99. The van der Waals surface area contributed by atoms with E-state index < -0.39 is 11.7 Å². The topological polar surface area (TPSA) is 76.4 Å². The van der Waals surface area contributed by atoms with Crippen LogP contribution in [0.2, 0.25) is 0 Å². The molecule has 1 fully saturated rings. The molecule has 116 valence electrons. The van der Waals surface area contributed by atoms with Crippen LogP contribution in [0.1, 0.15) is 29.6 Å². The molecular weight excluding hydrogens is 273 g/mol. The highest BCUT2D eigenvalue weighted by Gasteiger charge is 2.12. The maximum absolute atomic E-state index is 13.7. The SMILES string of the molecule is NC(=O)c1ccc(NCCCOC2CCNCC2)c(F)c1. The van der Waals surface area contributed by atoms with E-state index in [9.17, 15) is 9.18 Å². The van der Waals surface area contributed by atoms with Gasteiger partial charge in [-0.1, -0.05) is 0 Å². The first-order valence-corrected chi connectivity index (χ1v) is 7.32. The molecule has 0 bridgehead atoms. The molecule has 0 aromatic heterocycles. The highest BCUT2D eigenvalue weighted by Crippen LogP contribution is 2.15. The molecule has 4 N–H and O–H groups in total. The first kappa shape index (κ1) is 15.7. The Morgan fingerprint density at radius 2 is 2.19 bits per heavy atom. The molecule has 1 aromatic carbocycles. The van der Waals surface area contributed by atoms with E-state index >= 15 is 0 Å². The maximum atomic E-state index is 13.7. The van der Waals surface area contributed by atoms with Crippen LogP contribution in [0.5, 0.6) is 0 Å². The number of primary amides is 1. The highest BCUT2D eigenvalue weighted by molar-refractivity contribution is 5.93. The van der Waals surface area contributed by atoms with Gasteiger partial charge in [-0.3, -0.25) is 4.79 Å². The second kappa shape index (κ2) is 7.95. The Bertz CT molecular complexity index is 476. The van der Waals surface area contributed by atoms with E-state index in [1.807, 2.05) is 0 Å². The summed E-state index contributed by atoms with van der Waals surface area (Å²) in [6, 6.07) is 4.19. The number of carbonyl (C=O) groups is 1. The summed E-state index contributed by atoms with van der Waals surface area (Å²) in [6.07, 6.45) is 3.26. The molecule has 0 spiro atoms. The van der Waals surface area contributed by atoms with Crippen LogP contribution in [0.15, 0.2) is 18.2 Å². The van der Waals surface area contributed by atoms with Gasteiger partial charge in [0.25, 0.3) is 0 Å². The summed E-state index contributed by atoms with van der Waals surface area (Å²) in [7, 11) is 0. The predicted molar refractivity (Wildman–Crippen MR) is 79.9 cm³/mol. The van der Waals surface area contributed by atoms with E-state index in [1.54, 1.807) is 0 Å². The fraction of sp³-hybridized carbons (Fsp3) is 0.533. The van der Waals surface area contributed by atoms with E-state index in [0.29, 0.717) is 24.9 Å². The average Bonchev–Trinajstić information content (AvgIpc) is 2.49. The van der Waals surface area contributed by atoms with Crippen molar-refractivity contribution >= 4 is 11.6 Å². The lowest BCUT2D eigenvalue weighted by atomic mass is 10.1. The molecule has 1 saturated heterocycles. The number of carbonyl (C=O) groups excluding carboxylic acids is 1. The van der Waals surface area contributed by atoms with Crippen molar-refractivity contribution in [2.75, 3.05) is 31.6 Å². The van der Waals surface area contributed by atoms with Crippen LogP contribution in [0.3, 0.4) is 0 Å². The fourth-order valence-corrected chi connectivity index (χ4v) is 2.32. The van der Waals surface area contributed by atoms with Crippen molar-refractivity contribution in [3.05, 3.63) is 29.6 Å². The monoisotopic (exact) mass is 295 g/mol. The van der Waals surface area contributed by atoms with Crippen LogP contribution in [-0.2, 0) is 4.74 Å². The summed E-state index contributed by atoms with van der Waals surface area (Å²) < 4.78 is 19.5. The van der Waals surface area contributed by atoms with Crippen molar-refractivity contribution in [1.82, 2.24) is 5.32 Å². The number of halogens is 1. The Labute approximate surface area is 124 Å². The lowest BCUT2D eigenvalue weighted by molar-refractivity contribution is 0.0329. The molecule has 0 aliphatic carbocycles. The van der Waals surface area contributed by atoms with Gasteiger partial charge in [0.05, 0.1) is 11.8 Å². The summed E-state index contributed by atoms with van der Waals surface area (Å²) in [4.78, 5) is 10.9. The number of nitrogens with two attached hydrogens (primary N) is 1. The van der Waals surface area contributed by atoms with E-state index in [0.717, 1.165) is 38.4 Å². The van der Waals surface area contributed by atoms with E-state index in [-0.39, 0.29) is 5.56 Å². The van der Waals surface area contributed by atoms with Gasteiger partial charge in [0.2, 0.25) is 5.91 Å². The van der Waals surface area contributed by atoms with Gasteiger partial charge in [-0.15, -0.1) is 0 Å². The lowest BCUT2D eigenvalue weighted by Crippen LogP contribution is -2.32. The Morgan fingerprint density at radius 1 is 1.43 bits per heavy atom. The zero-order chi connectivity index (χ0) is 15.1. The number of amides is 1. The Kier molecular flexibility index (Phi) is 5.95. The largest absolute Gasteiger partial charge is 0.383 e. The molecule has 0 atom stereocenters. The van der Waals surface area contributed by atoms with Gasteiger partial charge >= 0.3 is 0 Å². The second-order valence-corrected chi connectivity index (χ2v) is 5.16. The predicted octanol–water partition coefficient (Wildman–Crippen LogP) is 1.50. The normalized spacial score (nSPS) is 15.9. The van der Waals surface area contributed by atoms with Crippen molar-refractivity contribution in [2.24, 2.45) is 5.73 Å². The van der Waals surface area contributed by atoms with Crippen molar-refractivity contribution < 1.29 is 13.9 Å². The number of benzene rings is 1.